The van der Waals surface area contributed by atoms with Crippen LogP contribution in [0.4, 0.5) is 10.5 Å². The third-order valence-electron chi connectivity index (χ3n) is 12.1. The van der Waals surface area contributed by atoms with Crippen molar-refractivity contribution in [1.29, 1.82) is 0 Å². The number of allylic oxidation sites excluding steroid dienone is 1. The van der Waals surface area contributed by atoms with Crippen molar-refractivity contribution in [3.05, 3.63) is 88.0 Å². The van der Waals surface area contributed by atoms with Crippen molar-refractivity contribution in [2.24, 2.45) is 28.3 Å². The molecule has 6 atom stereocenters. The molecule has 14 heteroatoms. The first-order valence-corrected chi connectivity index (χ1v) is 22.1. The Morgan fingerprint density at radius 2 is 1.84 bits per heavy atom. The van der Waals surface area contributed by atoms with Gasteiger partial charge in [-0.15, -0.1) is 6.58 Å². The molecule has 0 aromatic heterocycles. The number of nitrogens with zero attached hydrogens (tertiary/aromatic N) is 4. The molecule has 2 aliphatic heterocycles. The number of carbonyl (C=O) groups excluding carboxylic acids is 1. The third kappa shape index (κ3) is 11.3. The Labute approximate surface area is 360 Å². The third-order valence-corrected chi connectivity index (χ3v) is 12.1. The molecule has 2 aliphatic carbocycles. The molecular formula is C47H66N4O10. The van der Waals surface area contributed by atoms with E-state index in [-0.39, 0.29) is 68.3 Å². The van der Waals surface area contributed by atoms with Crippen LogP contribution in [0.1, 0.15) is 96.1 Å². The van der Waals surface area contributed by atoms with Gasteiger partial charge in [0.25, 0.3) is 5.69 Å². The molecule has 1 amide bonds. The second-order valence-electron chi connectivity index (χ2n) is 18.0. The van der Waals surface area contributed by atoms with Crippen LogP contribution in [0.25, 0.3) is 0 Å². The van der Waals surface area contributed by atoms with E-state index in [0.717, 1.165) is 62.2 Å². The lowest BCUT2D eigenvalue weighted by Gasteiger charge is -2.60. The van der Waals surface area contributed by atoms with Crippen LogP contribution in [-0.2, 0) is 20.9 Å². The summed E-state index contributed by atoms with van der Waals surface area (Å²) in [4.78, 5) is 35.6. The molecule has 61 heavy (non-hydrogen) atoms. The van der Waals surface area contributed by atoms with Gasteiger partial charge in [-0.1, -0.05) is 57.8 Å². The van der Waals surface area contributed by atoms with Crippen molar-refractivity contribution >= 4 is 17.5 Å². The number of aliphatic hydroxyl groups excluding tert-OH is 2. The Morgan fingerprint density at radius 1 is 1.10 bits per heavy atom. The molecule has 2 fully saturated rings. The van der Waals surface area contributed by atoms with Crippen LogP contribution in [0.2, 0.25) is 0 Å². The van der Waals surface area contributed by atoms with Gasteiger partial charge < -0.3 is 34.0 Å². The highest BCUT2D eigenvalue weighted by Gasteiger charge is 2.65. The molecule has 6 rings (SSSR count). The van der Waals surface area contributed by atoms with E-state index in [2.05, 4.69) is 23.6 Å². The van der Waals surface area contributed by atoms with Crippen molar-refractivity contribution in [3.8, 4) is 11.5 Å². The summed E-state index contributed by atoms with van der Waals surface area (Å²) in [6.07, 6.45) is 8.98. The van der Waals surface area contributed by atoms with E-state index >= 15 is 0 Å². The lowest BCUT2D eigenvalue weighted by Crippen LogP contribution is -2.70. The van der Waals surface area contributed by atoms with Crippen LogP contribution in [0.3, 0.4) is 0 Å². The van der Waals surface area contributed by atoms with Gasteiger partial charge in [-0.05, 0) is 90.8 Å². The Morgan fingerprint density at radius 3 is 2.49 bits per heavy atom. The predicted octanol–water partition coefficient (Wildman–Crippen LogP) is 8.02. The van der Waals surface area contributed by atoms with Crippen LogP contribution < -0.4 is 9.47 Å². The molecule has 2 aromatic rings. The number of non-ortho nitro benzene ring substituents is 1. The van der Waals surface area contributed by atoms with Crippen LogP contribution >= 0.6 is 0 Å². The van der Waals surface area contributed by atoms with Gasteiger partial charge >= 0.3 is 6.09 Å². The van der Waals surface area contributed by atoms with Gasteiger partial charge in [0, 0.05) is 69.4 Å². The first kappa shape index (κ1) is 46.0. The maximum Gasteiger partial charge on any atom is 0.410 e. The van der Waals surface area contributed by atoms with E-state index < -0.39 is 28.8 Å². The van der Waals surface area contributed by atoms with Crippen molar-refractivity contribution in [1.82, 2.24) is 9.80 Å². The van der Waals surface area contributed by atoms with Crippen molar-refractivity contribution in [2.45, 2.75) is 103 Å². The Kier molecular flexibility index (Phi) is 15.9. The monoisotopic (exact) mass is 846 g/mol. The van der Waals surface area contributed by atoms with Gasteiger partial charge in [-0.25, -0.2) is 4.79 Å². The maximum absolute atomic E-state index is 14.5. The summed E-state index contributed by atoms with van der Waals surface area (Å²) in [5.41, 5.74) is 2.99. The number of ether oxygens (including phenoxy) is 4. The fourth-order valence-electron chi connectivity index (χ4n) is 9.20. The average molecular weight is 847 g/mol. The van der Waals surface area contributed by atoms with Crippen molar-refractivity contribution in [2.75, 3.05) is 59.2 Å². The Bertz CT molecular complexity index is 1860. The quantitative estimate of drug-likeness (QED) is 0.0366. The first-order chi connectivity index (χ1) is 29.4. The van der Waals surface area contributed by atoms with Gasteiger partial charge in [0.15, 0.2) is 0 Å². The summed E-state index contributed by atoms with van der Waals surface area (Å²) in [7, 11) is 0. The normalized spacial score (nSPS) is 24.8. The van der Waals surface area contributed by atoms with Crippen LogP contribution in [-0.4, -0.2) is 108 Å². The van der Waals surface area contributed by atoms with Gasteiger partial charge in [0.05, 0.1) is 29.8 Å². The van der Waals surface area contributed by atoms with Gasteiger partial charge in [-0.2, -0.15) is 0 Å². The number of oxime groups is 1. The molecule has 2 aromatic carbocycles. The number of nitro benzene ring substituents is 1. The highest BCUT2D eigenvalue weighted by Crippen LogP contribution is 2.62. The molecule has 0 bridgehead atoms. The number of hydrogen-bond donors (Lipinski definition) is 2. The Balaban J connectivity index is 1.53. The van der Waals surface area contributed by atoms with Gasteiger partial charge in [0.1, 0.15) is 30.8 Å². The second-order valence-corrected chi connectivity index (χ2v) is 18.0. The van der Waals surface area contributed by atoms with Crippen LogP contribution in [0, 0.1) is 33.3 Å². The molecule has 1 saturated heterocycles. The predicted molar refractivity (Wildman–Crippen MR) is 233 cm³/mol. The number of nitro groups is 1. The zero-order valence-corrected chi connectivity index (χ0v) is 36.5. The van der Waals surface area contributed by atoms with Crippen LogP contribution in [0.5, 0.6) is 11.5 Å². The van der Waals surface area contributed by atoms with Crippen molar-refractivity contribution < 1.29 is 43.7 Å². The maximum atomic E-state index is 14.5. The summed E-state index contributed by atoms with van der Waals surface area (Å²) in [5.74, 6) is -0.540. The average Bonchev–Trinajstić information content (AvgIpc) is 4.07. The zero-order valence-electron chi connectivity index (χ0n) is 36.5. The molecule has 2 N–H and O–H groups in total. The smallest absolute Gasteiger partial charge is 0.410 e. The summed E-state index contributed by atoms with van der Waals surface area (Å²) in [6.45, 7) is 16.7. The summed E-state index contributed by atoms with van der Waals surface area (Å²) in [5, 5.41) is 36.0. The fourth-order valence-corrected chi connectivity index (χ4v) is 9.20. The standard InChI is InChI=1S/C47H66N4O10/c1-6-20-50(45(54)58-32-46(3,4)5)42-30-40(48-60-31-33-14-16-35(17-15-33)51(55)56)38-28-34(12-8-10-24-52)37(13-9-11-25-53)43-39-29-36(57-27-23-49-21-22-49)18-19-41(39)61-47(42,44(38)43)59-26-7-2/h7,14-19,28-29,34,37,42-44,52-53H,2,6,8-13,20-27,30-32H2,1,3-5H3/t34-,37+,42-,43+,44+,47+/m0/s1. The molecule has 2 heterocycles. The van der Waals surface area contributed by atoms with E-state index in [9.17, 15) is 25.1 Å². The number of benzene rings is 2. The molecule has 1 saturated carbocycles. The lowest BCUT2D eigenvalue weighted by atomic mass is 9.55. The largest absolute Gasteiger partial charge is 0.492 e. The SMILES string of the molecule is C=CCO[C@@]12Oc3ccc(OCCN4CC4)cc3[C@H]3[C@H](CCCCO)[C@@H](CCCCO)C=C(C(=NOCc4ccc([N+](=O)[O-])cc4)C[C@@H]1N(CCC)C(=O)OCC(C)(C)C)[C@H]32. The molecule has 0 unspecified atom stereocenters. The fraction of sp³-hybridized carbons (Fsp3) is 0.617. The van der Waals surface area contributed by atoms with Gasteiger partial charge in [0.2, 0.25) is 5.79 Å². The summed E-state index contributed by atoms with van der Waals surface area (Å²) >= 11 is 0. The summed E-state index contributed by atoms with van der Waals surface area (Å²) < 4.78 is 26.8. The summed E-state index contributed by atoms with van der Waals surface area (Å²) in [6, 6.07) is 11.5. The Hall–Kier alpha value is -4.50. The number of carbonyl (C=O) groups is 1. The topological polar surface area (TPSA) is 165 Å². The minimum absolute atomic E-state index is 0.0126. The second kappa shape index (κ2) is 21.0. The number of unbranched alkanes of at least 4 members (excludes halogenated alkanes) is 2. The van der Waals surface area contributed by atoms with Gasteiger partial charge in [-0.3, -0.25) is 19.9 Å². The van der Waals surface area contributed by atoms with E-state index in [1.54, 1.807) is 23.1 Å². The number of amides is 1. The number of fused-ring (bicyclic) bond motifs is 2. The zero-order chi connectivity index (χ0) is 43.6. The van der Waals surface area contributed by atoms with E-state index in [1.165, 1.54) is 12.1 Å². The molecule has 14 nitrogen and oxygen atoms in total. The van der Waals surface area contributed by atoms with E-state index in [4.69, 9.17) is 28.9 Å². The van der Waals surface area contributed by atoms with Crippen LogP contribution in [0.15, 0.2) is 71.9 Å². The van der Waals surface area contributed by atoms with Crippen molar-refractivity contribution in [3.63, 3.8) is 0 Å². The number of hydrogen-bond acceptors (Lipinski definition) is 12. The molecule has 0 radical (unpaired) electrons. The minimum Gasteiger partial charge on any atom is -0.492 e. The molecule has 334 valence electrons. The minimum atomic E-state index is -1.40. The molecule has 4 aliphatic rings. The molecule has 0 spiro atoms. The molecular weight excluding hydrogens is 781 g/mol. The highest BCUT2D eigenvalue weighted by atomic mass is 16.7. The highest BCUT2D eigenvalue weighted by molar-refractivity contribution is 6.03. The number of rotatable bonds is 23. The van der Waals surface area contributed by atoms with E-state index in [0.29, 0.717) is 49.4 Å². The number of aliphatic hydroxyl groups is 2. The first-order valence-electron chi connectivity index (χ1n) is 22.1. The lowest BCUT2D eigenvalue weighted by molar-refractivity contribution is -0.384. The van der Waals surface area contributed by atoms with E-state index in [1.807, 2.05) is 39.8 Å².